The number of thiophene rings is 1. The molecule has 0 spiro atoms. The monoisotopic (exact) mass is 486 g/mol. The summed E-state index contributed by atoms with van der Waals surface area (Å²) in [4.78, 5) is 24.4. The highest BCUT2D eigenvalue weighted by Gasteiger charge is 2.29. The summed E-state index contributed by atoms with van der Waals surface area (Å²) in [7, 11) is -3.73. The maximum absolute atomic E-state index is 13.1. The number of carbonyl (C=O) groups excluding carboxylic acids is 1. The Morgan fingerprint density at radius 2 is 1.94 bits per heavy atom. The topological polar surface area (TPSA) is 122 Å². The van der Waals surface area contributed by atoms with Gasteiger partial charge in [-0.25, -0.2) is 8.42 Å². The van der Waals surface area contributed by atoms with Crippen LogP contribution in [0.5, 0.6) is 0 Å². The average Bonchev–Trinajstić information content (AvgIpc) is 3.30. The molecule has 0 fully saturated rings. The third-order valence-electron chi connectivity index (χ3n) is 5.33. The van der Waals surface area contributed by atoms with Gasteiger partial charge in [0, 0.05) is 42.7 Å². The fourth-order valence-corrected chi connectivity index (χ4v) is 5.99. The predicted molar refractivity (Wildman–Crippen MR) is 126 cm³/mol. The van der Waals surface area contributed by atoms with Crippen molar-refractivity contribution in [3.63, 3.8) is 0 Å². The Balaban J connectivity index is 1.37. The molecule has 4 rings (SSSR count). The number of amides is 1. The van der Waals surface area contributed by atoms with Crippen LogP contribution in [0.15, 0.2) is 64.9 Å². The molecule has 2 heterocycles. The van der Waals surface area contributed by atoms with E-state index in [1.165, 1.54) is 27.4 Å². The summed E-state index contributed by atoms with van der Waals surface area (Å²) in [5, 5.41) is 18.7. The molecule has 1 amide bonds. The van der Waals surface area contributed by atoms with Gasteiger partial charge in [-0.1, -0.05) is 18.2 Å². The first kappa shape index (κ1) is 22.9. The number of nitro benzene ring substituents is 1. The van der Waals surface area contributed by atoms with Crippen molar-refractivity contribution < 1.29 is 18.1 Å². The van der Waals surface area contributed by atoms with Crippen LogP contribution in [0.4, 0.5) is 11.4 Å². The molecule has 1 aromatic heterocycles. The molecule has 0 unspecified atom stereocenters. The fourth-order valence-electron chi connectivity index (χ4n) is 3.63. The molecule has 11 heteroatoms. The van der Waals surface area contributed by atoms with Crippen molar-refractivity contribution in [2.24, 2.45) is 0 Å². The zero-order chi connectivity index (χ0) is 23.4. The van der Waals surface area contributed by atoms with Crippen LogP contribution in [0.2, 0.25) is 0 Å². The first-order chi connectivity index (χ1) is 15.9. The second kappa shape index (κ2) is 9.69. The lowest BCUT2D eigenvalue weighted by molar-refractivity contribution is -0.384. The van der Waals surface area contributed by atoms with Gasteiger partial charge in [0.25, 0.3) is 11.6 Å². The third-order valence-corrected chi connectivity index (χ3v) is 8.20. The first-order valence-electron chi connectivity index (χ1n) is 10.3. The van der Waals surface area contributed by atoms with E-state index in [2.05, 4.69) is 10.6 Å². The number of fused-ring (bicyclic) bond motifs is 1. The lowest BCUT2D eigenvalue weighted by Gasteiger charge is -2.26. The number of para-hydroxylation sites is 2. The molecule has 1 aliphatic heterocycles. The molecule has 0 atom stereocenters. The Morgan fingerprint density at radius 3 is 2.76 bits per heavy atom. The minimum atomic E-state index is -3.73. The van der Waals surface area contributed by atoms with Crippen LogP contribution in [0.1, 0.15) is 20.8 Å². The van der Waals surface area contributed by atoms with Gasteiger partial charge in [0.1, 0.15) is 5.69 Å². The van der Waals surface area contributed by atoms with Gasteiger partial charge in [0.15, 0.2) is 0 Å². The SMILES string of the molecule is O=C(NCCNc1ccccc1[N+](=O)[O-])c1cccc(S(=O)(=O)N2CCc3sccc3C2)c1. The van der Waals surface area contributed by atoms with E-state index in [1.807, 2.05) is 11.4 Å². The van der Waals surface area contributed by atoms with E-state index in [0.717, 1.165) is 5.56 Å². The molecule has 0 bridgehead atoms. The molecule has 1 aliphatic rings. The molecule has 33 heavy (non-hydrogen) atoms. The summed E-state index contributed by atoms with van der Waals surface area (Å²) in [6.45, 7) is 1.21. The van der Waals surface area contributed by atoms with Gasteiger partial charge in [0.2, 0.25) is 10.0 Å². The summed E-state index contributed by atoms with van der Waals surface area (Å²) in [5.74, 6) is -0.421. The number of carbonyl (C=O) groups is 1. The van der Waals surface area contributed by atoms with E-state index >= 15 is 0 Å². The predicted octanol–water partition coefficient (Wildman–Crippen LogP) is 3.25. The van der Waals surface area contributed by atoms with Crippen LogP contribution in [-0.2, 0) is 23.0 Å². The van der Waals surface area contributed by atoms with Crippen LogP contribution >= 0.6 is 11.3 Å². The zero-order valence-electron chi connectivity index (χ0n) is 17.6. The molecule has 2 N–H and O–H groups in total. The molecule has 0 radical (unpaired) electrons. The summed E-state index contributed by atoms with van der Waals surface area (Å²) < 4.78 is 27.7. The van der Waals surface area contributed by atoms with E-state index < -0.39 is 20.9 Å². The highest BCUT2D eigenvalue weighted by Crippen LogP contribution is 2.28. The number of hydrogen-bond donors (Lipinski definition) is 2. The lowest BCUT2D eigenvalue weighted by atomic mass is 10.1. The van der Waals surface area contributed by atoms with Gasteiger partial charge in [-0.2, -0.15) is 4.31 Å². The van der Waals surface area contributed by atoms with Gasteiger partial charge in [-0.3, -0.25) is 14.9 Å². The van der Waals surface area contributed by atoms with E-state index in [-0.39, 0.29) is 29.2 Å². The van der Waals surface area contributed by atoms with Crippen LogP contribution in [0.3, 0.4) is 0 Å². The Kier molecular flexibility index (Phi) is 6.72. The molecule has 0 saturated carbocycles. The summed E-state index contributed by atoms with van der Waals surface area (Å²) in [5.41, 5.74) is 1.57. The second-order valence-corrected chi connectivity index (χ2v) is 10.4. The van der Waals surface area contributed by atoms with Gasteiger partial charge in [0.05, 0.1) is 9.82 Å². The van der Waals surface area contributed by atoms with Crippen molar-refractivity contribution in [2.45, 2.75) is 17.9 Å². The average molecular weight is 487 g/mol. The first-order valence-corrected chi connectivity index (χ1v) is 12.6. The van der Waals surface area contributed by atoms with Crippen LogP contribution in [0, 0.1) is 10.1 Å². The summed E-state index contributed by atoms with van der Waals surface area (Å²) >= 11 is 1.64. The van der Waals surface area contributed by atoms with E-state index in [4.69, 9.17) is 0 Å². The fraction of sp³-hybridized carbons (Fsp3) is 0.227. The van der Waals surface area contributed by atoms with Crippen molar-refractivity contribution in [3.05, 3.63) is 86.1 Å². The number of benzene rings is 2. The van der Waals surface area contributed by atoms with Crippen LogP contribution < -0.4 is 10.6 Å². The Hall–Kier alpha value is -3.28. The summed E-state index contributed by atoms with van der Waals surface area (Å²) in [6.07, 6.45) is 0.680. The van der Waals surface area contributed by atoms with Gasteiger partial charge in [-0.15, -0.1) is 11.3 Å². The zero-order valence-corrected chi connectivity index (χ0v) is 19.2. The standard InChI is InChI=1S/C22H22N4O5S2/c27-22(24-11-10-23-19-6-1-2-7-20(19)26(28)29)16-4-3-5-18(14-16)33(30,31)25-12-8-21-17(15-25)9-13-32-21/h1-7,9,13-14,23H,8,10-12,15H2,(H,24,27). The Morgan fingerprint density at radius 1 is 1.12 bits per heavy atom. The molecular weight excluding hydrogens is 464 g/mol. The van der Waals surface area contributed by atoms with Crippen molar-refractivity contribution in [3.8, 4) is 0 Å². The number of nitrogens with zero attached hydrogens (tertiary/aromatic N) is 2. The largest absolute Gasteiger partial charge is 0.378 e. The molecule has 3 aromatic rings. The number of nitrogens with one attached hydrogen (secondary N) is 2. The third kappa shape index (κ3) is 5.05. The van der Waals surface area contributed by atoms with E-state index in [9.17, 15) is 23.3 Å². The van der Waals surface area contributed by atoms with Crippen LogP contribution in [0.25, 0.3) is 0 Å². The number of rotatable bonds is 8. The normalized spacial score (nSPS) is 13.8. The number of nitro groups is 1. The molecule has 2 aromatic carbocycles. The Bertz CT molecular complexity index is 1290. The van der Waals surface area contributed by atoms with Crippen molar-refractivity contribution >= 4 is 38.6 Å². The van der Waals surface area contributed by atoms with Gasteiger partial charge in [-0.05, 0) is 47.7 Å². The Labute approximate surface area is 195 Å². The second-order valence-electron chi connectivity index (χ2n) is 7.44. The maximum Gasteiger partial charge on any atom is 0.292 e. The molecule has 0 saturated heterocycles. The molecule has 172 valence electrons. The van der Waals surface area contributed by atoms with Gasteiger partial charge >= 0.3 is 0 Å². The highest BCUT2D eigenvalue weighted by atomic mass is 32.2. The van der Waals surface area contributed by atoms with E-state index in [1.54, 1.807) is 41.7 Å². The van der Waals surface area contributed by atoms with Crippen molar-refractivity contribution in [1.82, 2.24) is 9.62 Å². The molecule has 9 nitrogen and oxygen atoms in total. The minimum Gasteiger partial charge on any atom is -0.378 e. The quantitative estimate of drug-likeness (QED) is 0.286. The molecular formula is C22H22N4O5S2. The van der Waals surface area contributed by atoms with Gasteiger partial charge < -0.3 is 10.6 Å². The van der Waals surface area contributed by atoms with Crippen molar-refractivity contribution in [1.29, 1.82) is 0 Å². The van der Waals surface area contributed by atoms with Crippen molar-refractivity contribution in [2.75, 3.05) is 25.0 Å². The number of anilines is 1. The number of sulfonamides is 1. The maximum atomic E-state index is 13.1. The summed E-state index contributed by atoms with van der Waals surface area (Å²) in [6, 6.07) is 14.2. The minimum absolute atomic E-state index is 0.0472. The van der Waals surface area contributed by atoms with E-state index in [0.29, 0.717) is 25.2 Å². The van der Waals surface area contributed by atoms with Crippen LogP contribution in [-0.4, -0.2) is 43.2 Å². The number of hydrogen-bond acceptors (Lipinski definition) is 7. The molecule has 0 aliphatic carbocycles. The lowest BCUT2D eigenvalue weighted by Crippen LogP contribution is -2.35. The smallest absolute Gasteiger partial charge is 0.292 e. The highest BCUT2D eigenvalue weighted by molar-refractivity contribution is 7.89.